The van der Waals surface area contributed by atoms with Gasteiger partial charge in [0.15, 0.2) is 0 Å². The van der Waals surface area contributed by atoms with E-state index in [1.165, 1.54) is 0 Å². The number of nitrogens with zero attached hydrogens (tertiary/aromatic N) is 1. The van der Waals surface area contributed by atoms with Crippen LogP contribution >= 0.6 is 23.2 Å². The Labute approximate surface area is 94.2 Å². The molecule has 0 saturated heterocycles. The SMILES string of the molecule is FC(F)(F)c1cnc(Cl)c(C#CCCl)c1. The summed E-state index contributed by atoms with van der Waals surface area (Å²) in [6.45, 7) is 0. The maximum atomic E-state index is 12.3. The quantitative estimate of drug-likeness (QED) is 0.393. The zero-order valence-electron chi connectivity index (χ0n) is 7.20. The second-order valence-corrected chi connectivity index (χ2v) is 3.12. The third kappa shape index (κ3) is 3.29. The number of aromatic nitrogens is 1. The average molecular weight is 254 g/mol. The molecule has 0 fully saturated rings. The second-order valence-electron chi connectivity index (χ2n) is 2.50. The summed E-state index contributed by atoms with van der Waals surface area (Å²) in [4.78, 5) is 3.40. The van der Waals surface area contributed by atoms with E-state index >= 15 is 0 Å². The number of alkyl halides is 4. The van der Waals surface area contributed by atoms with Gasteiger partial charge in [0.2, 0.25) is 0 Å². The number of hydrogen-bond acceptors (Lipinski definition) is 1. The molecular weight excluding hydrogens is 250 g/mol. The van der Waals surface area contributed by atoms with Crippen molar-refractivity contribution in [3.05, 3.63) is 28.5 Å². The zero-order valence-corrected chi connectivity index (χ0v) is 8.71. The smallest absolute Gasteiger partial charge is 0.243 e. The minimum absolute atomic E-state index is 0.0204. The van der Waals surface area contributed by atoms with Crippen molar-refractivity contribution in [2.75, 3.05) is 5.88 Å². The fraction of sp³-hybridized carbons (Fsp3) is 0.222. The van der Waals surface area contributed by atoms with E-state index in [2.05, 4.69) is 16.8 Å². The third-order valence-electron chi connectivity index (χ3n) is 1.46. The first-order valence-corrected chi connectivity index (χ1v) is 4.64. The van der Waals surface area contributed by atoms with Crippen molar-refractivity contribution in [3.8, 4) is 11.8 Å². The number of pyridine rings is 1. The molecular formula is C9H4Cl2F3N. The minimum Gasteiger partial charge on any atom is -0.243 e. The van der Waals surface area contributed by atoms with E-state index in [4.69, 9.17) is 23.2 Å². The molecule has 0 aliphatic rings. The van der Waals surface area contributed by atoms with E-state index in [-0.39, 0.29) is 16.6 Å². The molecule has 1 aromatic heterocycles. The predicted molar refractivity (Wildman–Crippen MR) is 51.8 cm³/mol. The Morgan fingerprint density at radius 1 is 1.40 bits per heavy atom. The van der Waals surface area contributed by atoms with Gasteiger partial charge in [-0.2, -0.15) is 13.2 Å². The Kier molecular flexibility index (Phi) is 3.83. The van der Waals surface area contributed by atoms with Gasteiger partial charge in [-0.3, -0.25) is 0 Å². The Hall–Kier alpha value is -0.920. The molecule has 1 rings (SSSR count). The van der Waals surface area contributed by atoms with E-state index in [1.54, 1.807) is 0 Å². The van der Waals surface area contributed by atoms with Gasteiger partial charge in [0.1, 0.15) is 5.15 Å². The number of hydrogen-bond donors (Lipinski definition) is 0. The molecule has 1 nitrogen and oxygen atoms in total. The van der Waals surface area contributed by atoms with Crippen LogP contribution in [-0.4, -0.2) is 10.9 Å². The maximum Gasteiger partial charge on any atom is 0.417 e. The van der Waals surface area contributed by atoms with Crippen LogP contribution in [0.3, 0.4) is 0 Å². The lowest BCUT2D eigenvalue weighted by molar-refractivity contribution is -0.137. The monoisotopic (exact) mass is 253 g/mol. The molecule has 15 heavy (non-hydrogen) atoms. The Morgan fingerprint density at radius 3 is 2.60 bits per heavy atom. The summed E-state index contributed by atoms with van der Waals surface area (Å²) in [6.07, 6.45) is -3.79. The largest absolute Gasteiger partial charge is 0.417 e. The molecule has 80 valence electrons. The van der Waals surface area contributed by atoms with Crippen LogP contribution in [0.4, 0.5) is 13.2 Å². The topological polar surface area (TPSA) is 12.9 Å². The Morgan fingerprint density at radius 2 is 2.07 bits per heavy atom. The van der Waals surface area contributed by atoms with Crippen LogP contribution in [0.1, 0.15) is 11.1 Å². The minimum atomic E-state index is -4.45. The van der Waals surface area contributed by atoms with Crippen molar-refractivity contribution in [2.45, 2.75) is 6.18 Å². The van der Waals surface area contributed by atoms with Crippen molar-refractivity contribution in [1.82, 2.24) is 4.98 Å². The highest BCUT2D eigenvalue weighted by Gasteiger charge is 2.31. The summed E-state index contributed by atoms with van der Waals surface area (Å²) in [7, 11) is 0. The first-order chi connectivity index (χ1) is 6.95. The highest BCUT2D eigenvalue weighted by molar-refractivity contribution is 6.30. The molecule has 1 heterocycles. The standard InChI is InChI=1S/C9H4Cl2F3N/c10-3-1-2-6-4-7(9(12,13)14)5-15-8(6)11/h4-5H,3H2. The van der Waals surface area contributed by atoms with Crippen LogP contribution in [-0.2, 0) is 6.18 Å². The van der Waals surface area contributed by atoms with Crippen LogP contribution in [0.25, 0.3) is 0 Å². The summed E-state index contributed by atoms with van der Waals surface area (Å²) < 4.78 is 36.8. The van der Waals surface area contributed by atoms with E-state index in [1.807, 2.05) is 0 Å². The molecule has 0 saturated carbocycles. The van der Waals surface area contributed by atoms with Gasteiger partial charge in [-0.25, -0.2) is 4.98 Å². The lowest BCUT2D eigenvalue weighted by Crippen LogP contribution is -2.06. The van der Waals surface area contributed by atoms with Crippen LogP contribution in [0.15, 0.2) is 12.3 Å². The fourth-order valence-electron chi connectivity index (χ4n) is 0.819. The number of rotatable bonds is 0. The summed E-state index contributed by atoms with van der Waals surface area (Å²) in [5.41, 5.74) is -0.863. The van der Waals surface area contributed by atoms with Gasteiger partial charge in [-0.1, -0.05) is 23.4 Å². The predicted octanol–water partition coefficient (Wildman–Crippen LogP) is 3.34. The lowest BCUT2D eigenvalue weighted by atomic mass is 10.2. The van der Waals surface area contributed by atoms with Crippen molar-refractivity contribution in [3.63, 3.8) is 0 Å². The molecule has 0 unspecified atom stereocenters. The van der Waals surface area contributed by atoms with E-state index in [0.717, 1.165) is 6.07 Å². The van der Waals surface area contributed by atoms with Crippen molar-refractivity contribution in [1.29, 1.82) is 0 Å². The van der Waals surface area contributed by atoms with Gasteiger partial charge >= 0.3 is 6.18 Å². The second kappa shape index (κ2) is 4.73. The van der Waals surface area contributed by atoms with Gasteiger partial charge < -0.3 is 0 Å². The van der Waals surface area contributed by atoms with E-state index < -0.39 is 11.7 Å². The molecule has 0 aliphatic heterocycles. The average Bonchev–Trinajstić information content (AvgIpc) is 2.15. The molecule has 0 spiro atoms. The summed E-state index contributed by atoms with van der Waals surface area (Å²) in [6, 6.07) is 0.842. The van der Waals surface area contributed by atoms with Crippen LogP contribution in [0.2, 0.25) is 5.15 Å². The molecule has 0 bridgehead atoms. The number of halogens is 5. The molecule has 0 aliphatic carbocycles. The van der Waals surface area contributed by atoms with E-state index in [9.17, 15) is 13.2 Å². The van der Waals surface area contributed by atoms with Crippen molar-refractivity contribution < 1.29 is 13.2 Å². The van der Waals surface area contributed by atoms with Crippen molar-refractivity contribution >= 4 is 23.2 Å². The van der Waals surface area contributed by atoms with Gasteiger partial charge in [-0.05, 0) is 6.07 Å². The van der Waals surface area contributed by atoms with Crippen LogP contribution in [0, 0.1) is 11.8 Å². The maximum absolute atomic E-state index is 12.3. The molecule has 6 heteroatoms. The van der Waals surface area contributed by atoms with Gasteiger partial charge in [-0.15, -0.1) is 11.6 Å². The van der Waals surface area contributed by atoms with Gasteiger partial charge in [0.05, 0.1) is 17.0 Å². The molecule has 0 radical (unpaired) electrons. The van der Waals surface area contributed by atoms with Crippen LogP contribution in [0.5, 0.6) is 0 Å². The summed E-state index contributed by atoms with van der Waals surface area (Å²) in [5, 5.41) is -0.0689. The lowest BCUT2D eigenvalue weighted by Gasteiger charge is -2.06. The van der Waals surface area contributed by atoms with Crippen LogP contribution < -0.4 is 0 Å². The highest BCUT2D eigenvalue weighted by Crippen LogP contribution is 2.30. The normalized spacial score (nSPS) is 10.7. The fourth-order valence-corrected chi connectivity index (χ4v) is 1.04. The molecule has 0 aromatic carbocycles. The Bertz CT molecular complexity index is 418. The van der Waals surface area contributed by atoms with Gasteiger partial charge in [0, 0.05) is 6.20 Å². The van der Waals surface area contributed by atoms with Crippen molar-refractivity contribution in [2.24, 2.45) is 0 Å². The Balaban J connectivity index is 3.17. The molecule has 0 atom stereocenters. The van der Waals surface area contributed by atoms with Gasteiger partial charge in [0.25, 0.3) is 0 Å². The van der Waals surface area contributed by atoms with E-state index in [0.29, 0.717) is 6.20 Å². The summed E-state index contributed by atoms with van der Waals surface area (Å²) >= 11 is 10.8. The highest BCUT2D eigenvalue weighted by atomic mass is 35.5. The first kappa shape index (κ1) is 12.2. The third-order valence-corrected chi connectivity index (χ3v) is 1.89. The molecule has 0 amide bonds. The molecule has 0 N–H and O–H groups in total. The molecule has 1 aromatic rings. The first-order valence-electron chi connectivity index (χ1n) is 3.72. The zero-order chi connectivity index (χ0) is 11.5. The summed E-state index contributed by atoms with van der Waals surface area (Å²) in [5.74, 6) is 4.83.